The van der Waals surface area contributed by atoms with Gasteiger partial charge in [0.05, 0.1) is 6.61 Å². The van der Waals surface area contributed by atoms with Gasteiger partial charge in [-0.25, -0.2) is 0 Å². The average molecular weight is 480 g/mol. The van der Waals surface area contributed by atoms with Crippen LogP contribution in [-0.2, 0) is 59.0 Å². The van der Waals surface area contributed by atoms with E-state index in [-0.39, 0.29) is 6.61 Å². The quantitative estimate of drug-likeness (QED) is 0.392. The molecule has 0 bridgehead atoms. The summed E-state index contributed by atoms with van der Waals surface area (Å²) in [7, 11) is 0. The van der Waals surface area contributed by atoms with E-state index in [9.17, 15) is 24.0 Å². The van der Waals surface area contributed by atoms with Crippen molar-refractivity contribution in [2.45, 2.75) is 77.8 Å². The first-order valence-corrected chi connectivity index (χ1v) is 10.5. The Morgan fingerprint density at radius 1 is 0.529 bits per heavy atom. The van der Waals surface area contributed by atoms with Crippen molar-refractivity contribution < 1.29 is 52.4 Å². The Hall–Kier alpha value is -3.47. The maximum atomic E-state index is 12.0. The van der Waals surface area contributed by atoms with E-state index in [4.69, 9.17) is 28.4 Å². The molecule has 0 aromatic heterocycles. The Morgan fingerprint density at radius 3 is 1.12 bits per heavy atom. The van der Waals surface area contributed by atoms with Crippen molar-refractivity contribution in [3.05, 3.63) is 35.9 Å². The Labute approximate surface area is 196 Å². The third-order valence-electron chi connectivity index (χ3n) is 4.74. The SMILES string of the molecule is CC(=O)OC1[C@H](OC(C)=O)[C@H](OC(C)=O)C(OCc2ccccc2)[C@H](OC(C)=O)[C@H]1OC(C)=O. The van der Waals surface area contributed by atoms with Crippen LogP contribution >= 0.6 is 0 Å². The third kappa shape index (κ3) is 7.55. The lowest BCUT2D eigenvalue weighted by molar-refractivity contribution is -0.264. The Balaban J connectivity index is 2.60. The summed E-state index contributed by atoms with van der Waals surface area (Å²) in [6.07, 6.45) is -8.32. The van der Waals surface area contributed by atoms with Gasteiger partial charge in [0.15, 0.2) is 30.5 Å². The van der Waals surface area contributed by atoms with E-state index in [1.54, 1.807) is 24.3 Å². The van der Waals surface area contributed by atoms with Gasteiger partial charge in [-0.1, -0.05) is 30.3 Å². The fraction of sp³-hybridized carbons (Fsp3) is 0.522. The molecular weight excluding hydrogens is 452 g/mol. The number of rotatable bonds is 8. The predicted molar refractivity (Wildman–Crippen MR) is 113 cm³/mol. The molecule has 2 unspecified atom stereocenters. The molecule has 0 amide bonds. The number of carbonyl (C=O) groups excluding carboxylic acids is 5. The molecule has 11 heteroatoms. The Morgan fingerprint density at radius 2 is 0.824 bits per heavy atom. The minimum atomic E-state index is -1.46. The first kappa shape index (κ1) is 26.8. The second-order valence-electron chi connectivity index (χ2n) is 7.63. The lowest BCUT2D eigenvalue weighted by atomic mass is 9.83. The van der Waals surface area contributed by atoms with Crippen molar-refractivity contribution in [2.75, 3.05) is 0 Å². The summed E-state index contributed by atoms with van der Waals surface area (Å²) >= 11 is 0. The fourth-order valence-corrected chi connectivity index (χ4v) is 3.71. The first-order valence-electron chi connectivity index (χ1n) is 10.5. The van der Waals surface area contributed by atoms with Gasteiger partial charge in [-0.3, -0.25) is 24.0 Å². The smallest absolute Gasteiger partial charge is 0.303 e. The lowest BCUT2D eigenvalue weighted by Gasteiger charge is -2.47. The van der Waals surface area contributed by atoms with E-state index in [2.05, 4.69) is 0 Å². The first-order chi connectivity index (χ1) is 16.0. The van der Waals surface area contributed by atoms with Crippen LogP contribution in [0.4, 0.5) is 0 Å². The molecule has 11 nitrogen and oxygen atoms in total. The fourth-order valence-electron chi connectivity index (χ4n) is 3.71. The van der Waals surface area contributed by atoms with Crippen LogP contribution in [0.25, 0.3) is 0 Å². The second kappa shape index (κ2) is 12.1. The molecule has 1 aromatic carbocycles. The van der Waals surface area contributed by atoms with Crippen molar-refractivity contribution in [3.8, 4) is 0 Å². The highest BCUT2D eigenvalue weighted by Crippen LogP contribution is 2.35. The second-order valence-corrected chi connectivity index (χ2v) is 7.63. The number of benzene rings is 1. The molecular formula is C23H28O11. The zero-order chi connectivity index (χ0) is 25.4. The van der Waals surface area contributed by atoms with Gasteiger partial charge in [0.1, 0.15) is 6.10 Å². The van der Waals surface area contributed by atoms with Gasteiger partial charge in [-0.2, -0.15) is 0 Å². The largest absolute Gasteiger partial charge is 0.455 e. The number of hydrogen-bond acceptors (Lipinski definition) is 11. The van der Waals surface area contributed by atoms with Crippen LogP contribution in [-0.4, -0.2) is 66.5 Å². The number of ether oxygens (including phenoxy) is 6. The maximum absolute atomic E-state index is 12.0. The molecule has 1 fully saturated rings. The van der Waals surface area contributed by atoms with Crippen molar-refractivity contribution in [1.29, 1.82) is 0 Å². The maximum Gasteiger partial charge on any atom is 0.303 e. The van der Waals surface area contributed by atoms with Crippen LogP contribution in [0.3, 0.4) is 0 Å². The van der Waals surface area contributed by atoms with Crippen LogP contribution in [0.5, 0.6) is 0 Å². The van der Waals surface area contributed by atoms with E-state index in [1.807, 2.05) is 6.07 Å². The summed E-state index contributed by atoms with van der Waals surface area (Å²) in [6, 6.07) is 8.93. The predicted octanol–water partition coefficient (Wildman–Crippen LogP) is 1.24. The summed E-state index contributed by atoms with van der Waals surface area (Å²) in [4.78, 5) is 59.6. The summed E-state index contributed by atoms with van der Waals surface area (Å²) in [6.45, 7) is 5.54. The summed E-state index contributed by atoms with van der Waals surface area (Å²) in [5.41, 5.74) is 0.737. The average Bonchev–Trinajstić information content (AvgIpc) is 2.72. The van der Waals surface area contributed by atoms with Gasteiger partial charge in [0.25, 0.3) is 0 Å². The summed E-state index contributed by atoms with van der Waals surface area (Å²) < 4.78 is 32.9. The van der Waals surface area contributed by atoms with Crippen LogP contribution in [0.2, 0.25) is 0 Å². The van der Waals surface area contributed by atoms with Gasteiger partial charge in [0, 0.05) is 34.6 Å². The van der Waals surface area contributed by atoms with Crippen molar-refractivity contribution in [1.82, 2.24) is 0 Å². The van der Waals surface area contributed by atoms with Gasteiger partial charge in [0.2, 0.25) is 0 Å². The summed E-state index contributed by atoms with van der Waals surface area (Å²) in [5.74, 6) is -3.89. The Kier molecular flexibility index (Phi) is 9.55. The molecule has 0 radical (unpaired) electrons. The van der Waals surface area contributed by atoms with Crippen LogP contribution in [0, 0.1) is 0 Å². The molecule has 0 saturated heterocycles. The lowest BCUT2D eigenvalue weighted by Crippen LogP contribution is -2.68. The summed E-state index contributed by atoms with van der Waals surface area (Å²) in [5, 5.41) is 0. The van der Waals surface area contributed by atoms with Gasteiger partial charge in [-0.05, 0) is 5.56 Å². The zero-order valence-electron chi connectivity index (χ0n) is 19.5. The molecule has 0 aliphatic heterocycles. The van der Waals surface area contributed by atoms with Crippen molar-refractivity contribution in [2.24, 2.45) is 0 Å². The molecule has 34 heavy (non-hydrogen) atoms. The van der Waals surface area contributed by atoms with Crippen molar-refractivity contribution in [3.63, 3.8) is 0 Å². The van der Waals surface area contributed by atoms with Crippen LogP contribution < -0.4 is 0 Å². The highest BCUT2D eigenvalue weighted by atomic mass is 16.7. The zero-order valence-corrected chi connectivity index (χ0v) is 19.5. The van der Waals surface area contributed by atoms with E-state index >= 15 is 0 Å². The van der Waals surface area contributed by atoms with Crippen molar-refractivity contribution >= 4 is 29.8 Å². The molecule has 1 aromatic rings. The number of hydrogen-bond donors (Lipinski definition) is 0. The highest BCUT2D eigenvalue weighted by molar-refractivity contribution is 5.70. The van der Waals surface area contributed by atoms with Gasteiger partial charge < -0.3 is 28.4 Å². The van der Waals surface area contributed by atoms with Crippen LogP contribution in [0.15, 0.2) is 30.3 Å². The molecule has 0 heterocycles. The van der Waals surface area contributed by atoms with E-state index < -0.39 is 66.5 Å². The van der Waals surface area contributed by atoms with Crippen LogP contribution in [0.1, 0.15) is 40.2 Å². The molecule has 1 aliphatic rings. The van der Waals surface area contributed by atoms with E-state index in [1.165, 1.54) is 0 Å². The van der Waals surface area contributed by atoms with Gasteiger partial charge >= 0.3 is 29.8 Å². The molecule has 186 valence electrons. The molecule has 1 saturated carbocycles. The standard InChI is InChI=1S/C23H28O11/c1-12(24)30-19-18(29-11-17-9-7-6-8-10-17)20(31-13(2)25)22(33-15(4)27)23(34-16(5)28)21(19)32-14(3)26/h6-10,18-23H,11H2,1-5H3/t18?,19-,20+,21-,22-,23?/m1/s1. The minimum Gasteiger partial charge on any atom is -0.455 e. The van der Waals surface area contributed by atoms with Gasteiger partial charge in [-0.15, -0.1) is 0 Å². The third-order valence-corrected chi connectivity index (χ3v) is 4.74. The normalized spacial score (nSPS) is 26.0. The molecule has 0 N–H and O–H groups in total. The topological polar surface area (TPSA) is 141 Å². The van der Waals surface area contributed by atoms with E-state index in [0.29, 0.717) is 0 Å². The minimum absolute atomic E-state index is 0.0150. The van der Waals surface area contributed by atoms with E-state index in [0.717, 1.165) is 40.2 Å². The molecule has 1 aliphatic carbocycles. The number of carbonyl (C=O) groups is 5. The molecule has 6 atom stereocenters. The molecule has 2 rings (SSSR count). The Bertz CT molecular complexity index is 853. The number of esters is 5. The monoisotopic (exact) mass is 480 g/mol. The molecule has 0 spiro atoms. The highest BCUT2D eigenvalue weighted by Gasteiger charge is 2.59.